The molecule has 0 unspecified atom stereocenters. The van der Waals surface area contributed by atoms with Gasteiger partial charge in [0.1, 0.15) is 0 Å². The molecule has 1 aromatic heterocycles. The van der Waals surface area contributed by atoms with Crippen LogP contribution < -0.4 is 5.32 Å². The molecule has 6 nitrogen and oxygen atoms in total. The van der Waals surface area contributed by atoms with E-state index in [1.807, 2.05) is 24.5 Å². The average Bonchev–Trinajstić information content (AvgIpc) is 2.98. The van der Waals surface area contributed by atoms with E-state index in [9.17, 15) is 14.4 Å². The molecule has 1 aromatic carbocycles. The molecule has 2 heterocycles. The Morgan fingerprint density at radius 3 is 2.56 bits per heavy atom. The number of amides is 2. The van der Waals surface area contributed by atoms with E-state index in [0.717, 1.165) is 28.7 Å². The molecule has 2 aromatic rings. The molecule has 1 fully saturated rings. The molecule has 2 N–H and O–H groups in total. The monoisotopic (exact) mass is 376 g/mol. The molecule has 1 saturated heterocycles. The summed E-state index contributed by atoms with van der Waals surface area (Å²) in [5, 5.41) is 11.1. The molecule has 0 atom stereocenters. The number of hydrogen-bond acceptors (Lipinski definition) is 4. The van der Waals surface area contributed by atoms with Gasteiger partial charge in [0.15, 0.2) is 0 Å². The third-order valence-corrected chi connectivity index (χ3v) is 4.96. The Labute approximate surface area is 152 Å². The maximum atomic E-state index is 11.7. The van der Waals surface area contributed by atoms with Crippen molar-refractivity contribution >= 4 is 46.6 Å². The molecule has 3 rings (SSSR count). The van der Waals surface area contributed by atoms with E-state index in [4.69, 9.17) is 16.7 Å². The molecule has 0 spiro atoms. The predicted molar refractivity (Wildman–Crippen MR) is 96.3 cm³/mol. The van der Waals surface area contributed by atoms with Gasteiger partial charge in [-0.2, -0.15) is 0 Å². The van der Waals surface area contributed by atoms with Crippen molar-refractivity contribution in [2.24, 2.45) is 0 Å². The van der Waals surface area contributed by atoms with E-state index in [1.54, 1.807) is 18.2 Å². The quantitative estimate of drug-likeness (QED) is 0.796. The summed E-state index contributed by atoms with van der Waals surface area (Å²) < 4.78 is 1.91. The van der Waals surface area contributed by atoms with E-state index >= 15 is 0 Å². The van der Waals surface area contributed by atoms with Crippen LogP contribution in [0.4, 0.5) is 4.79 Å². The Bertz CT molecular complexity index is 962. The zero-order chi connectivity index (χ0) is 18.3. The summed E-state index contributed by atoms with van der Waals surface area (Å²) in [6.45, 7) is 3.76. The number of aromatic carboxylic acids is 1. The van der Waals surface area contributed by atoms with Gasteiger partial charge in [0.25, 0.3) is 11.1 Å². The number of carbonyl (C=O) groups excluding carboxylic acids is 2. The molecule has 1 aliphatic heterocycles. The standard InChI is InChI=1S/C17H13ClN2O4S/c1-8-5-10(6-14-15(21)19-17(24)25-14)9(2)20(8)11-3-4-12(16(22)23)13(18)7-11/h3-7H,1-2H3,(H,22,23)(H,19,21,24)/b14-6+. The van der Waals surface area contributed by atoms with Crippen molar-refractivity contribution in [2.45, 2.75) is 13.8 Å². The third kappa shape index (κ3) is 3.20. The second-order valence-electron chi connectivity index (χ2n) is 5.48. The molecular formula is C17H13ClN2O4S. The van der Waals surface area contributed by atoms with Gasteiger partial charge in [0, 0.05) is 17.1 Å². The molecule has 0 radical (unpaired) electrons. The SMILES string of the molecule is Cc1cc(/C=C2/SC(=O)NC2=O)c(C)n1-c1ccc(C(=O)O)c(Cl)c1. The topological polar surface area (TPSA) is 88.4 Å². The first-order chi connectivity index (χ1) is 11.8. The van der Waals surface area contributed by atoms with E-state index in [2.05, 4.69) is 5.32 Å². The van der Waals surface area contributed by atoms with Crippen LogP contribution in [0.15, 0.2) is 29.2 Å². The first-order valence-electron chi connectivity index (χ1n) is 7.25. The molecule has 128 valence electrons. The molecule has 0 saturated carbocycles. The highest BCUT2D eigenvalue weighted by molar-refractivity contribution is 8.18. The number of nitrogens with one attached hydrogen (secondary N) is 1. The Morgan fingerprint density at radius 1 is 1.28 bits per heavy atom. The second-order valence-corrected chi connectivity index (χ2v) is 6.91. The number of nitrogens with zero attached hydrogens (tertiary/aromatic N) is 1. The van der Waals surface area contributed by atoms with Crippen LogP contribution in [0.25, 0.3) is 11.8 Å². The predicted octanol–water partition coefficient (Wildman–Crippen LogP) is 3.77. The number of thioether (sulfide) groups is 1. The van der Waals surface area contributed by atoms with Crippen molar-refractivity contribution < 1.29 is 19.5 Å². The second kappa shape index (κ2) is 6.42. The van der Waals surface area contributed by atoms with Gasteiger partial charge in [-0.1, -0.05) is 11.6 Å². The summed E-state index contributed by atoms with van der Waals surface area (Å²) >= 11 is 6.92. The van der Waals surface area contributed by atoms with Crippen LogP contribution in [-0.2, 0) is 4.79 Å². The van der Waals surface area contributed by atoms with Crippen molar-refractivity contribution in [1.29, 1.82) is 0 Å². The van der Waals surface area contributed by atoms with Crippen LogP contribution in [0.2, 0.25) is 5.02 Å². The van der Waals surface area contributed by atoms with Gasteiger partial charge in [-0.05, 0) is 61.5 Å². The molecule has 0 bridgehead atoms. The maximum absolute atomic E-state index is 11.7. The average molecular weight is 377 g/mol. The molecule has 2 amide bonds. The lowest BCUT2D eigenvalue weighted by atomic mass is 10.2. The van der Waals surface area contributed by atoms with Gasteiger partial charge in [-0.15, -0.1) is 0 Å². The number of carboxylic acids is 1. The molecule has 25 heavy (non-hydrogen) atoms. The van der Waals surface area contributed by atoms with Crippen LogP contribution in [0, 0.1) is 13.8 Å². The van der Waals surface area contributed by atoms with Crippen LogP contribution in [-0.4, -0.2) is 26.8 Å². The van der Waals surface area contributed by atoms with Crippen molar-refractivity contribution in [3.63, 3.8) is 0 Å². The van der Waals surface area contributed by atoms with Gasteiger partial charge >= 0.3 is 5.97 Å². The van der Waals surface area contributed by atoms with Gasteiger partial charge in [0.2, 0.25) is 0 Å². The molecule has 0 aliphatic carbocycles. The zero-order valence-electron chi connectivity index (χ0n) is 13.3. The fourth-order valence-corrected chi connectivity index (χ4v) is 3.64. The molecular weight excluding hydrogens is 364 g/mol. The van der Waals surface area contributed by atoms with E-state index in [0.29, 0.717) is 10.6 Å². The van der Waals surface area contributed by atoms with Crippen molar-refractivity contribution in [2.75, 3.05) is 0 Å². The minimum absolute atomic E-state index is 0.0350. The summed E-state index contributed by atoms with van der Waals surface area (Å²) in [6, 6.07) is 6.60. The zero-order valence-corrected chi connectivity index (χ0v) is 14.9. The number of aromatic nitrogens is 1. The number of carbonyl (C=O) groups is 3. The largest absolute Gasteiger partial charge is 0.478 e. The summed E-state index contributed by atoms with van der Waals surface area (Å²) in [5.41, 5.74) is 3.28. The van der Waals surface area contributed by atoms with Crippen LogP contribution in [0.5, 0.6) is 0 Å². The normalized spacial score (nSPS) is 15.7. The van der Waals surface area contributed by atoms with Crippen molar-refractivity contribution in [3.8, 4) is 5.69 Å². The summed E-state index contributed by atoms with van der Waals surface area (Å²) in [4.78, 5) is 34.4. The highest BCUT2D eigenvalue weighted by Crippen LogP contribution is 2.30. The Morgan fingerprint density at radius 2 is 2.00 bits per heavy atom. The summed E-state index contributed by atoms with van der Waals surface area (Å²) in [5.74, 6) is -1.49. The number of carboxylic acid groups (broad SMARTS) is 1. The minimum atomic E-state index is -1.09. The van der Waals surface area contributed by atoms with Gasteiger partial charge in [-0.3, -0.25) is 14.9 Å². The number of benzene rings is 1. The molecule has 1 aliphatic rings. The van der Waals surface area contributed by atoms with Crippen molar-refractivity contribution in [1.82, 2.24) is 9.88 Å². The van der Waals surface area contributed by atoms with Gasteiger partial charge in [-0.25, -0.2) is 4.79 Å². The lowest BCUT2D eigenvalue weighted by molar-refractivity contribution is -0.115. The number of halogens is 1. The number of rotatable bonds is 3. The van der Waals surface area contributed by atoms with Gasteiger partial charge < -0.3 is 9.67 Å². The lowest BCUT2D eigenvalue weighted by Crippen LogP contribution is -2.17. The number of hydrogen-bond donors (Lipinski definition) is 2. The maximum Gasteiger partial charge on any atom is 0.337 e. The fraction of sp³-hybridized carbons (Fsp3) is 0.118. The summed E-state index contributed by atoms with van der Waals surface area (Å²) in [6.07, 6.45) is 1.66. The molecule has 8 heteroatoms. The smallest absolute Gasteiger partial charge is 0.337 e. The number of imide groups is 1. The number of aryl methyl sites for hydroxylation is 1. The highest BCUT2D eigenvalue weighted by atomic mass is 35.5. The van der Waals surface area contributed by atoms with Gasteiger partial charge in [0.05, 0.1) is 15.5 Å². The first kappa shape index (κ1) is 17.3. The van der Waals surface area contributed by atoms with Crippen LogP contribution in [0.1, 0.15) is 27.3 Å². The van der Waals surface area contributed by atoms with E-state index < -0.39 is 11.9 Å². The third-order valence-electron chi connectivity index (χ3n) is 3.84. The van der Waals surface area contributed by atoms with Crippen molar-refractivity contribution in [3.05, 3.63) is 56.7 Å². The lowest BCUT2D eigenvalue weighted by Gasteiger charge is -2.11. The Hall–Kier alpha value is -2.51. The minimum Gasteiger partial charge on any atom is -0.478 e. The fourth-order valence-electron chi connectivity index (χ4n) is 2.71. The Kier molecular flexibility index (Phi) is 4.45. The summed E-state index contributed by atoms with van der Waals surface area (Å²) in [7, 11) is 0. The Balaban J connectivity index is 2.05. The van der Waals surface area contributed by atoms with E-state index in [-0.39, 0.29) is 15.8 Å². The first-order valence-corrected chi connectivity index (χ1v) is 8.44. The van der Waals surface area contributed by atoms with E-state index in [1.165, 1.54) is 6.07 Å². The highest BCUT2D eigenvalue weighted by Gasteiger charge is 2.25. The van der Waals surface area contributed by atoms with Crippen LogP contribution in [0.3, 0.4) is 0 Å². The van der Waals surface area contributed by atoms with Crippen LogP contribution >= 0.6 is 23.4 Å².